The van der Waals surface area contributed by atoms with Gasteiger partial charge in [0.25, 0.3) is 0 Å². The maximum absolute atomic E-state index is 5.39. The SMILES string of the molecule is c1ccc(-c2nc(-c3cccc(-c4ccc(-n5c6ccccc6c6ccccc65)cc4)c3)nc(-c3cc(-n4c5ccccc5c5ccccc54)cc(-n4c5ccccc5c5ccccc54)c3)n2)cc1. The van der Waals surface area contributed by atoms with Crippen molar-refractivity contribution < 1.29 is 0 Å². The highest BCUT2D eigenvalue weighted by Crippen LogP contribution is 2.39. The summed E-state index contributed by atoms with van der Waals surface area (Å²) < 4.78 is 7.11. The zero-order valence-corrected chi connectivity index (χ0v) is 37.3. The van der Waals surface area contributed by atoms with Gasteiger partial charge < -0.3 is 13.7 Å². The Hall–Kier alpha value is -9.39. The number of aromatic nitrogens is 6. The third kappa shape index (κ3) is 6.30. The molecular formula is C63H40N6. The normalized spacial score (nSPS) is 11.8. The van der Waals surface area contributed by atoms with Gasteiger partial charge in [0.05, 0.1) is 33.1 Å². The van der Waals surface area contributed by atoms with Crippen LogP contribution in [0.25, 0.3) is 128 Å². The molecule has 0 amide bonds. The van der Waals surface area contributed by atoms with Crippen LogP contribution >= 0.6 is 0 Å². The van der Waals surface area contributed by atoms with Gasteiger partial charge in [-0.2, -0.15) is 0 Å². The molecule has 4 aromatic heterocycles. The first-order valence-electron chi connectivity index (χ1n) is 23.4. The molecule has 0 atom stereocenters. The highest BCUT2D eigenvalue weighted by Gasteiger charge is 2.20. The Morgan fingerprint density at radius 1 is 0.203 bits per heavy atom. The molecule has 6 nitrogen and oxygen atoms in total. The van der Waals surface area contributed by atoms with E-state index in [1.54, 1.807) is 0 Å². The molecule has 0 fully saturated rings. The van der Waals surface area contributed by atoms with Crippen LogP contribution in [0.2, 0.25) is 0 Å². The van der Waals surface area contributed by atoms with Crippen molar-refractivity contribution in [3.8, 4) is 62.4 Å². The number of nitrogens with zero attached hydrogens (tertiary/aromatic N) is 6. The molecular weight excluding hydrogens is 841 g/mol. The van der Waals surface area contributed by atoms with Gasteiger partial charge in [-0.3, -0.25) is 0 Å². The lowest BCUT2D eigenvalue weighted by atomic mass is 10.0. The zero-order chi connectivity index (χ0) is 45.4. The van der Waals surface area contributed by atoms with Crippen LogP contribution in [0.4, 0.5) is 0 Å². The summed E-state index contributed by atoms with van der Waals surface area (Å²) in [7, 11) is 0. The smallest absolute Gasteiger partial charge is 0.164 e. The average molecular weight is 881 g/mol. The Morgan fingerprint density at radius 2 is 0.536 bits per heavy atom. The molecule has 0 radical (unpaired) electrons. The molecule has 6 heteroatoms. The summed E-state index contributed by atoms with van der Waals surface area (Å²) in [5, 5.41) is 7.30. The number of rotatable bonds is 7. The average Bonchev–Trinajstić information content (AvgIpc) is 4.07. The van der Waals surface area contributed by atoms with Crippen LogP contribution in [0, 0.1) is 0 Å². The van der Waals surface area contributed by atoms with Crippen molar-refractivity contribution in [1.29, 1.82) is 0 Å². The first-order chi connectivity index (χ1) is 34.2. The fourth-order valence-corrected chi connectivity index (χ4v) is 10.6. The summed E-state index contributed by atoms with van der Waals surface area (Å²) in [6, 6.07) is 86.3. The van der Waals surface area contributed by atoms with E-state index in [0.29, 0.717) is 17.5 Å². The molecule has 0 unspecified atom stereocenters. The van der Waals surface area contributed by atoms with Gasteiger partial charge in [0.1, 0.15) is 0 Å². The Bertz CT molecular complexity index is 4020. The first-order valence-corrected chi connectivity index (χ1v) is 23.4. The second-order valence-corrected chi connectivity index (χ2v) is 17.6. The zero-order valence-electron chi connectivity index (χ0n) is 37.3. The van der Waals surface area contributed by atoms with Gasteiger partial charge >= 0.3 is 0 Å². The minimum Gasteiger partial charge on any atom is -0.309 e. The van der Waals surface area contributed by atoms with E-state index in [-0.39, 0.29) is 0 Å². The topological polar surface area (TPSA) is 53.5 Å². The van der Waals surface area contributed by atoms with E-state index in [9.17, 15) is 0 Å². The van der Waals surface area contributed by atoms with E-state index < -0.39 is 0 Å². The number of para-hydroxylation sites is 6. The fraction of sp³-hybridized carbons (Fsp3) is 0. The van der Waals surface area contributed by atoms with Gasteiger partial charge in [-0.05, 0) is 83.9 Å². The minimum atomic E-state index is 0.587. The second-order valence-electron chi connectivity index (χ2n) is 17.6. The number of benzene rings is 10. The van der Waals surface area contributed by atoms with Crippen LogP contribution in [0.3, 0.4) is 0 Å². The molecule has 0 bridgehead atoms. The predicted molar refractivity (Wildman–Crippen MR) is 285 cm³/mol. The molecule has 0 aliphatic rings. The van der Waals surface area contributed by atoms with Crippen molar-refractivity contribution >= 4 is 65.4 Å². The summed E-state index contributed by atoms with van der Waals surface area (Å²) in [6.07, 6.45) is 0. The second kappa shape index (κ2) is 15.6. The van der Waals surface area contributed by atoms with E-state index in [4.69, 9.17) is 15.0 Å². The minimum absolute atomic E-state index is 0.587. The van der Waals surface area contributed by atoms with E-state index in [1.165, 1.54) is 43.4 Å². The molecule has 0 aliphatic carbocycles. The summed E-state index contributed by atoms with van der Waals surface area (Å²) >= 11 is 0. The molecule has 0 aliphatic heterocycles. The number of hydrogen-bond donors (Lipinski definition) is 0. The van der Waals surface area contributed by atoms with Crippen LogP contribution in [0.15, 0.2) is 243 Å². The lowest BCUT2D eigenvalue weighted by molar-refractivity contribution is 1.07. The molecule has 4 heterocycles. The van der Waals surface area contributed by atoms with E-state index >= 15 is 0 Å². The Labute approximate surface area is 397 Å². The Balaban J connectivity index is 0.953. The monoisotopic (exact) mass is 880 g/mol. The summed E-state index contributed by atoms with van der Waals surface area (Å²) in [4.78, 5) is 15.9. The maximum atomic E-state index is 5.39. The molecule has 69 heavy (non-hydrogen) atoms. The third-order valence-corrected chi connectivity index (χ3v) is 13.7. The van der Waals surface area contributed by atoms with Gasteiger partial charge in [-0.1, -0.05) is 170 Å². The van der Waals surface area contributed by atoms with Crippen LogP contribution in [0.5, 0.6) is 0 Å². The van der Waals surface area contributed by atoms with Crippen LogP contribution in [0.1, 0.15) is 0 Å². The van der Waals surface area contributed by atoms with Crippen molar-refractivity contribution in [3.05, 3.63) is 243 Å². The molecule has 0 saturated heterocycles. The van der Waals surface area contributed by atoms with Crippen molar-refractivity contribution in [1.82, 2.24) is 28.7 Å². The lowest BCUT2D eigenvalue weighted by Crippen LogP contribution is -2.03. The van der Waals surface area contributed by atoms with Gasteiger partial charge in [0.15, 0.2) is 17.5 Å². The largest absolute Gasteiger partial charge is 0.309 e. The molecule has 14 rings (SSSR count). The fourth-order valence-electron chi connectivity index (χ4n) is 10.6. The third-order valence-electron chi connectivity index (χ3n) is 13.7. The van der Waals surface area contributed by atoms with Crippen molar-refractivity contribution in [3.63, 3.8) is 0 Å². The van der Waals surface area contributed by atoms with Crippen LogP contribution in [-0.2, 0) is 0 Å². The lowest BCUT2D eigenvalue weighted by Gasteiger charge is -2.16. The molecule has 0 N–H and O–H groups in total. The van der Waals surface area contributed by atoms with Gasteiger partial charge in [-0.25, -0.2) is 15.0 Å². The highest BCUT2D eigenvalue weighted by atomic mass is 15.0. The molecule has 0 spiro atoms. The van der Waals surface area contributed by atoms with Crippen molar-refractivity contribution in [2.75, 3.05) is 0 Å². The Morgan fingerprint density at radius 3 is 0.971 bits per heavy atom. The van der Waals surface area contributed by atoms with Crippen molar-refractivity contribution in [2.45, 2.75) is 0 Å². The van der Waals surface area contributed by atoms with Crippen molar-refractivity contribution in [2.24, 2.45) is 0 Å². The first kappa shape index (κ1) is 38.8. The number of hydrogen-bond acceptors (Lipinski definition) is 3. The van der Waals surface area contributed by atoms with E-state index in [0.717, 1.165) is 66.9 Å². The number of fused-ring (bicyclic) bond motifs is 9. The maximum Gasteiger partial charge on any atom is 0.164 e. The summed E-state index contributed by atoms with van der Waals surface area (Å²) in [6.45, 7) is 0. The van der Waals surface area contributed by atoms with Crippen LogP contribution in [-0.4, -0.2) is 28.7 Å². The molecule has 14 aromatic rings. The highest BCUT2D eigenvalue weighted by molar-refractivity contribution is 6.11. The predicted octanol–water partition coefficient (Wildman–Crippen LogP) is 15.8. The van der Waals surface area contributed by atoms with E-state index in [1.807, 2.05) is 18.2 Å². The molecule has 10 aromatic carbocycles. The van der Waals surface area contributed by atoms with Crippen LogP contribution < -0.4 is 0 Å². The summed E-state index contributed by atoms with van der Waals surface area (Å²) in [5.74, 6) is 1.80. The van der Waals surface area contributed by atoms with Gasteiger partial charge in [0.2, 0.25) is 0 Å². The molecule has 322 valence electrons. The standard InChI is InChI=1S/C63H40N6/c1-2-17-42(18-3-1)61-64-62(44-20-16-19-43(37-44)41-33-35-46(36-34-41)67-55-27-10-4-21-49(55)50-22-5-11-28-56(50)67)66-63(65-61)45-38-47(68-57-29-12-6-23-51(57)52-24-7-13-30-58(52)68)40-48(39-45)69-59-31-14-8-25-53(59)54-26-9-15-32-60(54)69/h1-40H. The van der Waals surface area contributed by atoms with E-state index in [2.05, 4.69) is 238 Å². The quantitative estimate of drug-likeness (QED) is 0.160. The van der Waals surface area contributed by atoms with Gasteiger partial charge in [-0.15, -0.1) is 0 Å². The van der Waals surface area contributed by atoms with Gasteiger partial charge in [0, 0.05) is 66.1 Å². The Kier molecular flexibility index (Phi) is 8.79. The molecule has 0 saturated carbocycles. The summed E-state index contributed by atoms with van der Waals surface area (Å²) in [5.41, 5.74) is 14.9.